The van der Waals surface area contributed by atoms with Gasteiger partial charge in [0.2, 0.25) is 0 Å². The van der Waals surface area contributed by atoms with Gasteiger partial charge in [-0.2, -0.15) is 21.6 Å². The number of hydrogen-bond acceptors (Lipinski definition) is 3. The van der Waals surface area contributed by atoms with Crippen molar-refractivity contribution < 1.29 is 25.8 Å². The molecular formula is C13H21F3O3S. The van der Waals surface area contributed by atoms with Gasteiger partial charge in [0.05, 0.1) is 0 Å². The molecule has 0 aromatic carbocycles. The van der Waals surface area contributed by atoms with Crippen molar-refractivity contribution in [1.82, 2.24) is 0 Å². The number of halogens is 3. The maximum absolute atomic E-state index is 12.3. The van der Waals surface area contributed by atoms with Crippen molar-refractivity contribution in [2.24, 2.45) is 0 Å². The highest BCUT2D eigenvalue weighted by molar-refractivity contribution is 7.87. The van der Waals surface area contributed by atoms with Crippen LogP contribution in [0.5, 0.6) is 0 Å². The van der Waals surface area contributed by atoms with Gasteiger partial charge in [-0.3, -0.25) is 0 Å². The van der Waals surface area contributed by atoms with Gasteiger partial charge in [-0.1, -0.05) is 38.5 Å². The first-order chi connectivity index (χ1) is 9.33. The van der Waals surface area contributed by atoms with Crippen LogP contribution < -0.4 is 0 Å². The van der Waals surface area contributed by atoms with Gasteiger partial charge >= 0.3 is 15.6 Å². The fourth-order valence-electron chi connectivity index (χ4n) is 2.13. The van der Waals surface area contributed by atoms with Crippen LogP contribution in [0.3, 0.4) is 0 Å². The van der Waals surface area contributed by atoms with Crippen LogP contribution in [0.4, 0.5) is 13.2 Å². The van der Waals surface area contributed by atoms with Crippen molar-refractivity contribution in [3.8, 4) is 0 Å². The molecule has 0 atom stereocenters. The lowest BCUT2D eigenvalue weighted by Gasteiger charge is -2.13. The molecule has 1 rings (SSSR count). The molecule has 118 valence electrons. The predicted molar refractivity (Wildman–Crippen MR) is 70.3 cm³/mol. The lowest BCUT2D eigenvalue weighted by atomic mass is 10.0. The zero-order valence-corrected chi connectivity index (χ0v) is 12.2. The van der Waals surface area contributed by atoms with Gasteiger partial charge in [0.15, 0.2) is 0 Å². The molecule has 3 nitrogen and oxygen atoms in total. The van der Waals surface area contributed by atoms with E-state index >= 15 is 0 Å². The molecule has 0 aromatic rings. The maximum atomic E-state index is 12.3. The Balaban J connectivity index is 2.67. The minimum absolute atomic E-state index is 0.0668. The van der Waals surface area contributed by atoms with Crippen molar-refractivity contribution in [2.45, 2.75) is 69.7 Å². The predicted octanol–water partition coefficient (Wildman–Crippen LogP) is 4.65. The molecule has 0 heterocycles. The Morgan fingerprint density at radius 3 is 1.95 bits per heavy atom. The van der Waals surface area contributed by atoms with Gasteiger partial charge in [-0.25, -0.2) is 0 Å². The second-order valence-electron chi connectivity index (χ2n) is 5.02. The topological polar surface area (TPSA) is 43.4 Å². The number of hydrogen-bond donors (Lipinski definition) is 0. The second kappa shape index (κ2) is 7.90. The first-order valence-electron chi connectivity index (χ1n) is 7.03. The normalized spacial score (nSPS) is 23.1. The summed E-state index contributed by atoms with van der Waals surface area (Å²) in [6.07, 6.45) is 10.1. The Kier molecular flexibility index (Phi) is 6.85. The minimum Gasteiger partial charge on any atom is -0.381 e. The van der Waals surface area contributed by atoms with E-state index in [1.807, 2.05) is 0 Å². The van der Waals surface area contributed by atoms with Crippen molar-refractivity contribution >= 4 is 10.1 Å². The quantitative estimate of drug-likeness (QED) is 0.550. The second-order valence-corrected chi connectivity index (χ2v) is 6.56. The fraction of sp³-hybridized carbons (Fsp3) is 0.846. The van der Waals surface area contributed by atoms with Crippen molar-refractivity contribution in [3.05, 3.63) is 11.8 Å². The average Bonchev–Trinajstić information content (AvgIpc) is 2.31. The van der Waals surface area contributed by atoms with Crippen molar-refractivity contribution in [3.63, 3.8) is 0 Å². The molecule has 7 heteroatoms. The fourth-order valence-corrected chi connectivity index (χ4v) is 2.66. The molecule has 20 heavy (non-hydrogen) atoms. The number of rotatable bonds is 2. The molecule has 1 aliphatic carbocycles. The lowest BCUT2D eigenvalue weighted by Crippen LogP contribution is -2.25. The van der Waals surface area contributed by atoms with E-state index in [0.29, 0.717) is 12.8 Å². The third-order valence-electron chi connectivity index (χ3n) is 3.25. The molecule has 1 aliphatic rings. The molecule has 0 fully saturated rings. The molecule has 0 unspecified atom stereocenters. The lowest BCUT2D eigenvalue weighted by molar-refractivity contribution is -0.0523. The van der Waals surface area contributed by atoms with Crippen LogP contribution in [0.2, 0.25) is 0 Å². The van der Waals surface area contributed by atoms with Gasteiger partial charge in [0, 0.05) is 6.42 Å². The Morgan fingerprint density at radius 1 is 0.900 bits per heavy atom. The van der Waals surface area contributed by atoms with Crippen LogP contribution in [-0.2, 0) is 14.3 Å². The zero-order valence-electron chi connectivity index (χ0n) is 11.4. The first-order valence-corrected chi connectivity index (χ1v) is 8.43. The summed E-state index contributed by atoms with van der Waals surface area (Å²) in [5.74, 6) is -0.0668. The summed E-state index contributed by atoms with van der Waals surface area (Å²) in [4.78, 5) is 0. The number of allylic oxidation sites excluding steroid dienone is 2. The zero-order chi connectivity index (χ0) is 15.1. The molecule has 0 saturated heterocycles. The summed E-state index contributed by atoms with van der Waals surface area (Å²) in [6.45, 7) is 0. The summed E-state index contributed by atoms with van der Waals surface area (Å²) in [6, 6.07) is 0. The van der Waals surface area contributed by atoms with Gasteiger partial charge in [0.25, 0.3) is 0 Å². The van der Waals surface area contributed by atoms with E-state index < -0.39 is 15.6 Å². The van der Waals surface area contributed by atoms with E-state index in [2.05, 4.69) is 4.18 Å². The van der Waals surface area contributed by atoms with Gasteiger partial charge in [0.1, 0.15) is 5.76 Å². The molecular weight excluding hydrogens is 293 g/mol. The van der Waals surface area contributed by atoms with Crippen LogP contribution >= 0.6 is 0 Å². The highest BCUT2D eigenvalue weighted by Gasteiger charge is 2.48. The summed E-state index contributed by atoms with van der Waals surface area (Å²) < 4.78 is 63.2. The average molecular weight is 314 g/mol. The van der Waals surface area contributed by atoms with E-state index in [4.69, 9.17) is 0 Å². The monoisotopic (exact) mass is 314 g/mol. The molecule has 0 aliphatic heterocycles. The standard InChI is InChI=1S/C13H21F3O3S/c14-13(15,16)20(17,18)19-12-10-8-6-4-2-1-3-5-7-9-11-12/h10H,1-9,11H2/b12-10+. The minimum atomic E-state index is -5.53. The van der Waals surface area contributed by atoms with Crippen LogP contribution in [0.25, 0.3) is 0 Å². The number of alkyl halides is 3. The summed E-state index contributed by atoms with van der Waals surface area (Å²) >= 11 is 0. The molecule has 0 amide bonds. The van der Waals surface area contributed by atoms with E-state index in [1.54, 1.807) is 0 Å². The Labute approximate surface area is 118 Å². The third-order valence-corrected chi connectivity index (χ3v) is 4.25. The van der Waals surface area contributed by atoms with E-state index in [-0.39, 0.29) is 12.2 Å². The Morgan fingerprint density at radius 2 is 1.40 bits per heavy atom. The summed E-state index contributed by atoms with van der Waals surface area (Å²) in [5, 5.41) is 0. The van der Waals surface area contributed by atoms with Crippen LogP contribution in [0.15, 0.2) is 11.8 Å². The molecule has 0 N–H and O–H groups in total. The summed E-state index contributed by atoms with van der Waals surface area (Å²) in [7, 11) is -5.53. The highest BCUT2D eigenvalue weighted by Crippen LogP contribution is 2.28. The Bertz CT molecular complexity index is 413. The SMILES string of the molecule is O=S(=O)(O/C1=C/CCCCCCCCCC1)C(F)(F)F. The molecule has 0 aromatic heterocycles. The van der Waals surface area contributed by atoms with Crippen molar-refractivity contribution in [1.29, 1.82) is 0 Å². The van der Waals surface area contributed by atoms with Crippen LogP contribution in [0.1, 0.15) is 64.2 Å². The molecule has 0 spiro atoms. The first kappa shape index (κ1) is 17.3. The largest absolute Gasteiger partial charge is 0.534 e. The van der Waals surface area contributed by atoms with Crippen LogP contribution in [-0.4, -0.2) is 13.9 Å². The highest BCUT2D eigenvalue weighted by atomic mass is 32.2. The van der Waals surface area contributed by atoms with E-state index in [1.165, 1.54) is 12.5 Å². The van der Waals surface area contributed by atoms with Crippen LogP contribution in [0, 0.1) is 0 Å². The molecule has 0 radical (unpaired) electrons. The van der Waals surface area contributed by atoms with E-state index in [9.17, 15) is 21.6 Å². The van der Waals surface area contributed by atoms with Gasteiger partial charge in [-0.15, -0.1) is 0 Å². The Hall–Kier alpha value is -0.720. The molecule has 0 saturated carbocycles. The van der Waals surface area contributed by atoms with Gasteiger partial charge in [-0.05, 0) is 25.3 Å². The smallest absolute Gasteiger partial charge is 0.381 e. The van der Waals surface area contributed by atoms with Crippen molar-refractivity contribution in [2.75, 3.05) is 0 Å². The van der Waals surface area contributed by atoms with Gasteiger partial charge < -0.3 is 4.18 Å². The molecule has 0 bridgehead atoms. The maximum Gasteiger partial charge on any atom is 0.534 e. The summed E-state index contributed by atoms with van der Waals surface area (Å²) in [5.41, 5.74) is -5.36. The third kappa shape index (κ3) is 6.15. The van der Waals surface area contributed by atoms with E-state index in [0.717, 1.165) is 38.5 Å².